The lowest BCUT2D eigenvalue weighted by Gasteiger charge is -2.18. The third-order valence-corrected chi connectivity index (χ3v) is 4.14. The van der Waals surface area contributed by atoms with Gasteiger partial charge in [0, 0.05) is 30.2 Å². The summed E-state index contributed by atoms with van der Waals surface area (Å²) in [6, 6.07) is 17.7. The van der Waals surface area contributed by atoms with Gasteiger partial charge in [-0.3, -0.25) is 4.79 Å². The number of rotatable bonds is 4. The summed E-state index contributed by atoms with van der Waals surface area (Å²) in [7, 11) is 1.97. The largest absolute Gasteiger partial charge is 0.340 e. The van der Waals surface area contributed by atoms with Crippen molar-refractivity contribution in [3.05, 3.63) is 66.5 Å². The smallest absolute Gasteiger partial charge is 0.228 e. The van der Waals surface area contributed by atoms with Crippen molar-refractivity contribution < 1.29 is 4.79 Å². The molecule has 1 aromatic heterocycles. The van der Waals surface area contributed by atoms with Crippen LogP contribution in [0.5, 0.6) is 0 Å². The van der Waals surface area contributed by atoms with Crippen molar-refractivity contribution in [2.75, 3.05) is 22.6 Å². The van der Waals surface area contributed by atoms with E-state index < -0.39 is 0 Å². The van der Waals surface area contributed by atoms with Gasteiger partial charge in [0.2, 0.25) is 5.91 Å². The zero-order valence-corrected chi connectivity index (χ0v) is 13.7. The normalized spacial score (nSPS) is 12.4. The first-order chi connectivity index (χ1) is 12.2. The van der Waals surface area contributed by atoms with E-state index in [-0.39, 0.29) is 5.91 Å². The average molecular weight is 331 g/mol. The quantitative estimate of drug-likeness (QED) is 0.766. The number of benzene rings is 2. The second-order valence-electron chi connectivity index (χ2n) is 5.88. The van der Waals surface area contributed by atoms with Crippen molar-refractivity contribution in [1.82, 2.24) is 9.97 Å². The number of hydrogen-bond donors (Lipinski definition) is 2. The Hall–Kier alpha value is -3.41. The van der Waals surface area contributed by atoms with Crippen LogP contribution in [0.4, 0.5) is 28.7 Å². The van der Waals surface area contributed by atoms with Crippen molar-refractivity contribution >= 4 is 34.6 Å². The van der Waals surface area contributed by atoms with Crippen molar-refractivity contribution in [2.45, 2.75) is 6.42 Å². The van der Waals surface area contributed by atoms with E-state index >= 15 is 0 Å². The monoisotopic (exact) mass is 331 g/mol. The minimum absolute atomic E-state index is 0.0287. The fourth-order valence-corrected chi connectivity index (χ4v) is 2.84. The van der Waals surface area contributed by atoms with Gasteiger partial charge >= 0.3 is 0 Å². The van der Waals surface area contributed by atoms with Crippen molar-refractivity contribution in [3.8, 4) is 0 Å². The van der Waals surface area contributed by atoms with Gasteiger partial charge in [0.15, 0.2) is 0 Å². The van der Waals surface area contributed by atoms with Gasteiger partial charge in [-0.15, -0.1) is 0 Å². The maximum atomic E-state index is 11.5. The topological polar surface area (TPSA) is 70.2 Å². The highest BCUT2D eigenvalue weighted by atomic mass is 16.1. The van der Waals surface area contributed by atoms with Crippen LogP contribution in [0.25, 0.3) is 0 Å². The van der Waals surface area contributed by atoms with Gasteiger partial charge in [0.05, 0.1) is 6.42 Å². The Bertz CT molecular complexity index is 926. The van der Waals surface area contributed by atoms with Crippen LogP contribution in [0.3, 0.4) is 0 Å². The fraction of sp³-hybridized carbons (Fsp3) is 0.105. The number of carbonyl (C=O) groups excluding carboxylic acids is 1. The van der Waals surface area contributed by atoms with Crippen LogP contribution in [0.15, 0.2) is 60.9 Å². The lowest BCUT2D eigenvalue weighted by Crippen LogP contribution is -2.11. The number of carbonyl (C=O) groups is 1. The molecule has 25 heavy (non-hydrogen) atoms. The molecule has 6 nitrogen and oxygen atoms in total. The minimum Gasteiger partial charge on any atom is -0.340 e. The number of nitrogens with zero attached hydrogens (tertiary/aromatic N) is 3. The lowest BCUT2D eigenvalue weighted by atomic mass is 10.1. The number of aromatic nitrogens is 2. The van der Waals surface area contributed by atoms with Gasteiger partial charge in [-0.2, -0.15) is 0 Å². The van der Waals surface area contributed by atoms with Crippen LogP contribution in [0, 0.1) is 0 Å². The molecule has 0 saturated heterocycles. The molecule has 124 valence electrons. The number of nitrogens with one attached hydrogen (secondary N) is 2. The standard InChI is InChI=1S/C19H17N5O/c1-24(15-5-3-2-4-6-15)18-11-17(20-12-21-18)22-14-7-8-16-13(9-14)10-19(25)23-16/h2-9,11-12H,10H2,1H3,(H,23,25)(H,20,21,22). The molecule has 0 aliphatic carbocycles. The predicted molar refractivity (Wildman–Crippen MR) is 98.6 cm³/mol. The predicted octanol–water partition coefficient (Wildman–Crippen LogP) is 3.48. The lowest BCUT2D eigenvalue weighted by molar-refractivity contribution is -0.115. The first-order valence-corrected chi connectivity index (χ1v) is 8.00. The summed E-state index contributed by atoms with van der Waals surface area (Å²) in [5.74, 6) is 1.52. The highest BCUT2D eigenvalue weighted by molar-refractivity contribution is 5.99. The molecule has 6 heteroatoms. The molecule has 3 aromatic rings. The zero-order valence-electron chi connectivity index (χ0n) is 13.7. The van der Waals surface area contributed by atoms with E-state index in [0.717, 1.165) is 28.4 Å². The highest BCUT2D eigenvalue weighted by Gasteiger charge is 2.17. The number of amides is 1. The summed E-state index contributed by atoms with van der Waals surface area (Å²) in [6.07, 6.45) is 1.95. The second-order valence-corrected chi connectivity index (χ2v) is 5.88. The van der Waals surface area contributed by atoms with E-state index in [9.17, 15) is 4.79 Å². The van der Waals surface area contributed by atoms with Gasteiger partial charge in [-0.05, 0) is 35.9 Å². The van der Waals surface area contributed by atoms with Crippen LogP contribution >= 0.6 is 0 Å². The fourth-order valence-electron chi connectivity index (χ4n) is 2.84. The maximum Gasteiger partial charge on any atom is 0.228 e. The summed E-state index contributed by atoms with van der Waals surface area (Å²) in [4.78, 5) is 22.1. The second kappa shape index (κ2) is 6.24. The SMILES string of the molecule is CN(c1ccccc1)c1cc(Nc2ccc3c(c2)CC(=O)N3)ncn1. The summed E-state index contributed by atoms with van der Waals surface area (Å²) in [5.41, 5.74) is 3.81. The Kier molecular flexibility index (Phi) is 3.78. The Morgan fingerprint density at radius 3 is 2.76 bits per heavy atom. The molecule has 0 atom stereocenters. The van der Waals surface area contributed by atoms with Crippen molar-refractivity contribution in [3.63, 3.8) is 0 Å². The molecule has 0 radical (unpaired) electrons. The van der Waals surface area contributed by atoms with Gasteiger partial charge in [-0.25, -0.2) is 9.97 Å². The first-order valence-electron chi connectivity index (χ1n) is 8.00. The molecule has 0 unspecified atom stereocenters. The molecular weight excluding hydrogens is 314 g/mol. The Morgan fingerprint density at radius 2 is 1.92 bits per heavy atom. The number of hydrogen-bond acceptors (Lipinski definition) is 5. The van der Waals surface area contributed by atoms with Gasteiger partial charge in [0.1, 0.15) is 18.0 Å². The molecule has 2 N–H and O–H groups in total. The molecule has 0 spiro atoms. The molecule has 1 amide bonds. The maximum absolute atomic E-state index is 11.5. The van der Waals surface area contributed by atoms with E-state index in [0.29, 0.717) is 12.2 Å². The highest BCUT2D eigenvalue weighted by Crippen LogP contribution is 2.28. The van der Waals surface area contributed by atoms with Crippen LogP contribution in [-0.2, 0) is 11.2 Å². The van der Waals surface area contributed by atoms with E-state index in [1.165, 1.54) is 6.33 Å². The first kappa shape index (κ1) is 15.1. The van der Waals surface area contributed by atoms with E-state index in [1.54, 1.807) is 0 Å². The number of para-hydroxylation sites is 1. The minimum atomic E-state index is 0.0287. The summed E-state index contributed by atoms with van der Waals surface area (Å²) < 4.78 is 0. The van der Waals surface area contributed by atoms with Crippen molar-refractivity contribution in [2.24, 2.45) is 0 Å². The molecule has 1 aliphatic heterocycles. The van der Waals surface area contributed by atoms with Crippen LogP contribution in [-0.4, -0.2) is 22.9 Å². The third kappa shape index (κ3) is 3.14. The number of anilines is 5. The van der Waals surface area contributed by atoms with E-state index in [2.05, 4.69) is 20.6 Å². The molecule has 4 rings (SSSR count). The zero-order chi connectivity index (χ0) is 17.2. The average Bonchev–Trinajstić information content (AvgIpc) is 3.01. The third-order valence-electron chi connectivity index (χ3n) is 4.14. The van der Waals surface area contributed by atoms with E-state index in [4.69, 9.17) is 0 Å². The van der Waals surface area contributed by atoms with Crippen LogP contribution < -0.4 is 15.5 Å². The number of fused-ring (bicyclic) bond motifs is 1. The van der Waals surface area contributed by atoms with Gasteiger partial charge in [-0.1, -0.05) is 18.2 Å². The molecule has 0 saturated carbocycles. The molecule has 2 aromatic carbocycles. The van der Waals surface area contributed by atoms with Crippen molar-refractivity contribution in [1.29, 1.82) is 0 Å². The van der Waals surface area contributed by atoms with Gasteiger partial charge in [0.25, 0.3) is 0 Å². The Balaban J connectivity index is 1.56. The molecule has 2 heterocycles. The van der Waals surface area contributed by atoms with Crippen LogP contribution in [0.2, 0.25) is 0 Å². The molecule has 0 fully saturated rings. The molecule has 0 bridgehead atoms. The molecular formula is C19H17N5O. The van der Waals surface area contributed by atoms with Gasteiger partial charge < -0.3 is 15.5 Å². The Labute approximate surface area is 145 Å². The summed E-state index contributed by atoms with van der Waals surface area (Å²) in [6.45, 7) is 0. The Morgan fingerprint density at radius 1 is 1.08 bits per heavy atom. The summed E-state index contributed by atoms with van der Waals surface area (Å²) >= 11 is 0. The van der Waals surface area contributed by atoms with E-state index in [1.807, 2.05) is 66.5 Å². The molecule has 1 aliphatic rings. The van der Waals surface area contributed by atoms with Crippen LogP contribution in [0.1, 0.15) is 5.56 Å². The summed E-state index contributed by atoms with van der Waals surface area (Å²) in [5, 5.41) is 6.11.